The van der Waals surface area contributed by atoms with E-state index < -0.39 is 41.0 Å². The zero-order valence-corrected chi connectivity index (χ0v) is 12.8. The van der Waals surface area contributed by atoms with Gasteiger partial charge in [0.05, 0.1) is 11.8 Å². The highest BCUT2D eigenvalue weighted by Gasteiger charge is 2.51. The van der Waals surface area contributed by atoms with E-state index in [4.69, 9.17) is 0 Å². The van der Waals surface area contributed by atoms with E-state index in [-0.39, 0.29) is 16.3 Å². The average molecular weight is 372 g/mol. The van der Waals surface area contributed by atoms with Gasteiger partial charge in [0.1, 0.15) is 5.69 Å². The summed E-state index contributed by atoms with van der Waals surface area (Å²) in [5, 5.41) is 11.5. The number of allylic oxidation sites excluding steroid dienone is 2. The first-order valence-corrected chi connectivity index (χ1v) is 7.54. The van der Waals surface area contributed by atoms with Gasteiger partial charge in [-0.25, -0.2) is 8.78 Å². The van der Waals surface area contributed by atoms with E-state index >= 15 is 0 Å². The molecule has 7 heteroatoms. The Labute approximate surface area is 133 Å². The van der Waals surface area contributed by atoms with Crippen molar-refractivity contribution in [2.75, 3.05) is 5.32 Å². The van der Waals surface area contributed by atoms with Crippen molar-refractivity contribution in [3.05, 3.63) is 40.4 Å². The second kappa shape index (κ2) is 5.46. The van der Waals surface area contributed by atoms with Crippen LogP contribution < -0.4 is 5.32 Å². The summed E-state index contributed by atoms with van der Waals surface area (Å²) in [6, 6.07) is 2.07. The maximum absolute atomic E-state index is 13.8. The Hall–Kier alpha value is -1.76. The predicted molar refractivity (Wildman–Crippen MR) is 78.0 cm³/mol. The van der Waals surface area contributed by atoms with E-state index in [0.29, 0.717) is 6.42 Å². The molecular weight excluding hydrogens is 360 g/mol. The van der Waals surface area contributed by atoms with Crippen molar-refractivity contribution in [3.8, 4) is 0 Å². The number of carbonyl (C=O) groups excluding carboxylic acids is 1. The van der Waals surface area contributed by atoms with Crippen molar-refractivity contribution in [2.45, 2.75) is 6.42 Å². The van der Waals surface area contributed by atoms with Gasteiger partial charge in [-0.2, -0.15) is 0 Å². The van der Waals surface area contributed by atoms with Gasteiger partial charge in [-0.3, -0.25) is 9.59 Å². The number of carbonyl (C=O) groups is 2. The molecule has 1 fully saturated rings. The third-order valence-electron chi connectivity index (χ3n) is 4.30. The van der Waals surface area contributed by atoms with Crippen LogP contribution in [0.1, 0.15) is 6.42 Å². The topological polar surface area (TPSA) is 66.4 Å². The van der Waals surface area contributed by atoms with Crippen LogP contribution in [0.2, 0.25) is 0 Å². The largest absolute Gasteiger partial charge is 0.481 e. The SMILES string of the molecule is O=C(O)C1C2C=CC(C2)C1C(=O)Nc1c(F)cc(Br)cc1F. The van der Waals surface area contributed by atoms with E-state index in [1.54, 1.807) is 6.08 Å². The van der Waals surface area contributed by atoms with Crippen molar-refractivity contribution in [1.82, 2.24) is 0 Å². The van der Waals surface area contributed by atoms with Crippen LogP contribution in [0.4, 0.5) is 14.5 Å². The molecule has 1 aromatic rings. The van der Waals surface area contributed by atoms with Crippen LogP contribution in [-0.4, -0.2) is 17.0 Å². The Morgan fingerprint density at radius 2 is 1.68 bits per heavy atom. The van der Waals surface area contributed by atoms with E-state index in [2.05, 4.69) is 21.2 Å². The Morgan fingerprint density at radius 3 is 2.23 bits per heavy atom. The minimum atomic E-state index is -1.06. The second-order valence-corrected chi connectivity index (χ2v) is 6.49. The number of amides is 1. The number of aliphatic carboxylic acids is 1. The first kappa shape index (κ1) is 15.1. The van der Waals surface area contributed by atoms with Crippen LogP contribution in [-0.2, 0) is 9.59 Å². The third kappa shape index (κ3) is 2.43. The molecule has 2 aliphatic rings. The molecule has 116 valence electrons. The van der Waals surface area contributed by atoms with Crippen molar-refractivity contribution in [3.63, 3.8) is 0 Å². The number of halogens is 3. The molecular formula is C15H12BrF2NO3. The van der Waals surface area contributed by atoms with Gasteiger partial charge >= 0.3 is 5.97 Å². The molecule has 1 saturated carbocycles. The predicted octanol–water partition coefficient (Wildman–Crippen LogP) is 3.19. The third-order valence-corrected chi connectivity index (χ3v) is 4.76. The summed E-state index contributed by atoms with van der Waals surface area (Å²) in [7, 11) is 0. The highest BCUT2D eigenvalue weighted by atomic mass is 79.9. The fraction of sp³-hybridized carbons (Fsp3) is 0.333. The molecule has 2 N–H and O–H groups in total. The fourth-order valence-corrected chi connectivity index (χ4v) is 3.79. The quantitative estimate of drug-likeness (QED) is 0.801. The number of carboxylic acid groups (broad SMARTS) is 1. The lowest BCUT2D eigenvalue weighted by atomic mass is 9.82. The van der Waals surface area contributed by atoms with Gasteiger partial charge in [0.15, 0.2) is 11.6 Å². The van der Waals surface area contributed by atoms with E-state index in [0.717, 1.165) is 12.1 Å². The molecule has 22 heavy (non-hydrogen) atoms. The van der Waals surface area contributed by atoms with E-state index in [1.807, 2.05) is 6.08 Å². The lowest BCUT2D eigenvalue weighted by Crippen LogP contribution is -2.36. The number of hydrogen-bond donors (Lipinski definition) is 2. The number of benzene rings is 1. The Bertz CT molecular complexity index is 668. The summed E-state index contributed by atoms with van der Waals surface area (Å²) in [6.45, 7) is 0. The summed E-state index contributed by atoms with van der Waals surface area (Å²) < 4.78 is 27.8. The lowest BCUT2D eigenvalue weighted by molar-refractivity contribution is -0.146. The van der Waals surface area contributed by atoms with Crippen molar-refractivity contribution in [2.24, 2.45) is 23.7 Å². The van der Waals surface area contributed by atoms with Crippen LogP contribution in [0.15, 0.2) is 28.8 Å². The second-order valence-electron chi connectivity index (χ2n) is 5.57. The summed E-state index contributed by atoms with van der Waals surface area (Å²) >= 11 is 2.96. The molecule has 4 nitrogen and oxygen atoms in total. The van der Waals surface area contributed by atoms with Crippen molar-refractivity contribution >= 4 is 33.5 Å². The molecule has 0 aromatic heterocycles. The number of rotatable bonds is 3. The minimum Gasteiger partial charge on any atom is -0.481 e. The van der Waals surface area contributed by atoms with Crippen LogP contribution in [0.25, 0.3) is 0 Å². The molecule has 2 aliphatic carbocycles. The minimum absolute atomic E-state index is 0.196. The molecule has 1 aromatic carbocycles. The standard InChI is InChI=1S/C15H12BrF2NO3/c16-8-4-9(17)13(10(18)5-8)19-14(20)11-6-1-2-7(3-6)12(11)15(21)22/h1-2,4-7,11-12H,3H2,(H,19,20)(H,21,22). The van der Waals surface area contributed by atoms with Crippen LogP contribution in [0, 0.1) is 35.3 Å². The van der Waals surface area contributed by atoms with E-state index in [9.17, 15) is 23.5 Å². The van der Waals surface area contributed by atoms with Crippen LogP contribution >= 0.6 is 15.9 Å². The van der Waals surface area contributed by atoms with E-state index in [1.165, 1.54) is 0 Å². The molecule has 0 heterocycles. The van der Waals surface area contributed by atoms with Gasteiger partial charge < -0.3 is 10.4 Å². The maximum atomic E-state index is 13.8. The maximum Gasteiger partial charge on any atom is 0.307 e. The smallest absolute Gasteiger partial charge is 0.307 e. The molecule has 0 saturated heterocycles. The highest BCUT2D eigenvalue weighted by molar-refractivity contribution is 9.10. The monoisotopic (exact) mass is 371 g/mol. The van der Waals surface area contributed by atoms with Crippen LogP contribution in [0.5, 0.6) is 0 Å². The summed E-state index contributed by atoms with van der Waals surface area (Å²) in [4.78, 5) is 23.7. The van der Waals surface area contributed by atoms with Gasteiger partial charge in [0, 0.05) is 4.47 Å². The Balaban J connectivity index is 1.86. The number of fused-ring (bicyclic) bond motifs is 2. The molecule has 3 rings (SSSR count). The van der Waals surface area contributed by atoms with Gasteiger partial charge in [-0.15, -0.1) is 0 Å². The summed E-state index contributed by atoms with van der Waals surface area (Å²) in [5.41, 5.74) is -0.552. The fourth-order valence-electron chi connectivity index (χ4n) is 3.38. The van der Waals surface area contributed by atoms with Crippen molar-refractivity contribution < 1.29 is 23.5 Å². The Kier molecular flexibility index (Phi) is 3.76. The molecule has 0 spiro atoms. The number of carboxylic acids is 1. The van der Waals surface area contributed by atoms with Gasteiger partial charge in [-0.05, 0) is 30.4 Å². The normalized spacial score (nSPS) is 28.9. The van der Waals surface area contributed by atoms with Gasteiger partial charge in [0.2, 0.25) is 5.91 Å². The summed E-state index contributed by atoms with van der Waals surface area (Å²) in [6.07, 6.45) is 4.19. The Morgan fingerprint density at radius 1 is 1.14 bits per heavy atom. The molecule has 2 bridgehead atoms. The van der Waals surface area contributed by atoms with Crippen molar-refractivity contribution in [1.29, 1.82) is 0 Å². The zero-order chi connectivity index (χ0) is 16.0. The summed E-state index contributed by atoms with van der Waals surface area (Å²) in [5.74, 6) is -5.60. The molecule has 4 atom stereocenters. The number of anilines is 1. The molecule has 4 unspecified atom stereocenters. The van der Waals surface area contributed by atoms with Crippen LogP contribution in [0.3, 0.4) is 0 Å². The molecule has 1 amide bonds. The lowest BCUT2D eigenvalue weighted by Gasteiger charge is -2.24. The highest BCUT2D eigenvalue weighted by Crippen LogP contribution is 2.48. The number of hydrogen-bond acceptors (Lipinski definition) is 2. The van der Waals surface area contributed by atoms with Gasteiger partial charge in [0.25, 0.3) is 0 Å². The first-order chi connectivity index (χ1) is 10.4. The zero-order valence-electron chi connectivity index (χ0n) is 11.2. The average Bonchev–Trinajstić information content (AvgIpc) is 3.02. The van der Waals surface area contributed by atoms with Gasteiger partial charge in [-0.1, -0.05) is 28.1 Å². The molecule has 0 radical (unpaired) electrons. The number of nitrogens with one attached hydrogen (secondary N) is 1. The first-order valence-electron chi connectivity index (χ1n) is 6.75. The molecule has 0 aliphatic heterocycles.